The van der Waals surface area contributed by atoms with Crippen molar-refractivity contribution >= 4 is 38.5 Å². The molecule has 2 amide bonds. The summed E-state index contributed by atoms with van der Waals surface area (Å²) in [5.41, 5.74) is 3.39. The monoisotopic (exact) mass is 541 g/mol. The highest BCUT2D eigenvalue weighted by molar-refractivity contribution is 7.92. The molecule has 1 aromatic heterocycles. The Morgan fingerprint density at radius 3 is 2.39 bits per heavy atom. The average Bonchev–Trinajstić information content (AvgIpc) is 3.20. The van der Waals surface area contributed by atoms with E-state index in [1.807, 2.05) is 31.2 Å². The maximum absolute atomic E-state index is 13.3. The van der Waals surface area contributed by atoms with Crippen LogP contribution >= 0.6 is 0 Å². The van der Waals surface area contributed by atoms with Gasteiger partial charge < -0.3 is 24.1 Å². The number of nitrogens with one attached hydrogen (secondary N) is 1. The number of hydrogen-bond donors (Lipinski definition) is 1. The van der Waals surface area contributed by atoms with Gasteiger partial charge in [-0.15, -0.1) is 0 Å². The molecule has 2 aliphatic rings. The Morgan fingerprint density at radius 1 is 1.08 bits per heavy atom. The molecule has 2 aromatic carbocycles. The highest BCUT2D eigenvalue weighted by atomic mass is 32.2. The zero-order valence-corrected chi connectivity index (χ0v) is 22.6. The first-order chi connectivity index (χ1) is 18.1. The van der Waals surface area contributed by atoms with Crippen LogP contribution in [0.5, 0.6) is 0 Å². The predicted octanol–water partition coefficient (Wildman–Crippen LogP) is 2.85. The normalized spacial score (nSPS) is 20.2. The molecule has 2 aliphatic heterocycles. The average molecular weight is 542 g/mol. The minimum atomic E-state index is -3.80. The van der Waals surface area contributed by atoms with Crippen molar-refractivity contribution in [2.45, 2.75) is 26.1 Å². The van der Waals surface area contributed by atoms with E-state index in [0.29, 0.717) is 59.8 Å². The van der Waals surface area contributed by atoms with E-state index in [1.165, 1.54) is 4.31 Å². The van der Waals surface area contributed by atoms with Crippen molar-refractivity contribution in [2.75, 3.05) is 50.5 Å². The third-order valence-electron chi connectivity index (χ3n) is 7.01. The lowest BCUT2D eigenvalue weighted by atomic mass is 10.00. The van der Waals surface area contributed by atoms with E-state index in [1.54, 1.807) is 31.0 Å². The first-order valence-corrected chi connectivity index (χ1v) is 14.3. The molecule has 1 fully saturated rings. The van der Waals surface area contributed by atoms with Crippen LogP contribution in [-0.2, 0) is 24.3 Å². The van der Waals surface area contributed by atoms with Crippen LogP contribution in [0.4, 0.5) is 5.69 Å². The molecule has 2 unspecified atom stereocenters. The second kappa shape index (κ2) is 10.0. The molecular formula is C27H31N3O7S. The van der Waals surface area contributed by atoms with Crippen molar-refractivity contribution < 1.29 is 31.9 Å². The highest BCUT2D eigenvalue weighted by Gasteiger charge is 2.38. The second-order valence-electron chi connectivity index (χ2n) is 9.66. The molecule has 0 aliphatic carbocycles. The lowest BCUT2D eigenvalue weighted by molar-refractivity contribution is -0.150. The van der Waals surface area contributed by atoms with Crippen LogP contribution in [0.1, 0.15) is 34.5 Å². The lowest BCUT2D eigenvalue weighted by Gasteiger charge is -2.31. The number of morpholine rings is 1. The maximum Gasteiger partial charge on any atom is 0.255 e. The van der Waals surface area contributed by atoms with Gasteiger partial charge in [0.15, 0.2) is 6.10 Å². The third kappa shape index (κ3) is 4.77. The Hall–Kier alpha value is -3.41. The first-order valence-electron chi connectivity index (χ1n) is 12.5. The molecule has 0 radical (unpaired) electrons. The van der Waals surface area contributed by atoms with Gasteiger partial charge in [0.2, 0.25) is 10.0 Å². The predicted molar refractivity (Wildman–Crippen MR) is 143 cm³/mol. The molecule has 0 spiro atoms. The molecule has 0 bridgehead atoms. The standard InChI is InChI=1S/C27H31N3O7S/c1-16-5-7-18(8-6-16)25-24(26(31)28-3)20-13-19-17(2)36-23(27(32)29-9-11-35-12-10-29)15-30(38(4,33)34)21(19)14-22(20)37-25/h5-8,13-14,17,23H,9-12,15H2,1-4H3,(H,28,31). The maximum atomic E-state index is 13.3. The summed E-state index contributed by atoms with van der Waals surface area (Å²) in [5, 5.41) is 3.21. The first kappa shape index (κ1) is 26.2. The molecular weight excluding hydrogens is 510 g/mol. The second-order valence-corrected chi connectivity index (χ2v) is 11.6. The van der Waals surface area contributed by atoms with Crippen LogP contribution < -0.4 is 9.62 Å². The van der Waals surface area contributed by atoms with Crippen molar-refractivity contribution in [2.24, 2.45) is 0 Å². The number of hydrogen-bond acceptors (Lipinski definition) is 7. The van der Waals surface area contributed by atoms with Gasteiger partial charge >= 0.3 is 0 Å². The van der Waals surface area contributed by atoms with Gasteiger partial charge in [-0.05, 0) is 19.9 Å². The quantitative estimate of drug-likeness (QED) is 0.540. The van der Waals surface area contributed by atoms with E-state index in [4.69, 9.17) is 13.9 Å². The Kier molecular flexibility index (Phi) is 6.93. The number of carbonyl (C=O) groups is 2. The summed E-state index contributed by atoms with van der Waals surface area (Å²) in [6, 6.07) is 11.0. The van der Waals surface area contributed by atoms with Gasteiger partial charge in [-0.25, -0.2) is 8.42 Å². The van der Waals surface area contributed by atoms with E-state index in [-0.39, 0.29) is 18.4 Å². The number of anilines is 1. The minimum absolute atomic E-state index is 0.175. The van der Waals surface area contributed by atoms with Crippen molar-refractivity contribution in [3.05, 3.63) is 53.1 Å². The lowest BCUT2D eigenvalue weighted by Crippen LogP contribution is -2.50. The van der Waals surface area contributed by atoms with Crippen molar-refractivity contribution in [3.8, 4) is 11.3 Å². The summed E-state index contributed by atoms with van der Waals surface area (Å²) in [6.45, 7) is 5.25. The van der Waals surface area contributed by atoms with Crippen LogP contribution in [0.3, 0.4) is 0 Å². The summed E-state index contributed by atoms with van der Waals surface area (Å²) < 4.78 is 44.9. The number of ether oxygens (including phenoxy) is 2. The summed E-state index contributed by atoms with van der Waals surface area (Å²) in [7, 11) is -2.25. The molecule has 202 valence electrons. The summed E-state index contributed by atoms with van der Waals surface area (Å²) in [5.74, 6) is -0.223. The number of sulfonamides is 1. The topological polar surface area (TPSA) is 118 Å². The molecule has 1 N–H and O–H groups in total. The molecule has 38 heavy (non-hydrogen) atoms. The zero-order chi connectivity index (χ0) is 27.2. The van der Waals surface area contributed by atoms with Crippen LogP contribution in [-0.4, -0.2) is 77.4 Å². The smallest absolute Gasteiger partial charge is 0.255 e. The van der Waals surface area contributed by atoms with Crippen LogP contribution in [0, 0.1) is 6.92 Å². The highest BCUT2D eigenvalue weighted by Crippen LogP contribution is 2.42. The van der Waals surface area contributed by atoms with Crippen molar-refractivity contribution in [3.63, 3.8) is 0 Å². The number of rotatable bonds is 4. The Morgan fingerprint density at radius 2 is 1.76 bits per heavy atom. The van der Waals surface area contributed by atoms with Crippen LogP contribution in [0.15, 0.2) is 40.8 Å². The Labute approximate surface area is 221 Å². The molecule has 3 aromatic rings. The number of amides is 2. The van der Waals surface area contributed by atoms with E-state index in [9.17, 15) is 18.0 Å². The largest absolute Gasteiger partial charge is 0.455 e. The van der Waals surface area contributed by atoms with Gasteiger partial charge in [0.05, 0.1) is 43.4 Å². The molecule has 11 heteroatoms. The molecule has 0 saturated carbocycles. The number of furan rings is 1. The van der Waals surface area contributed by atoms with Gasteiger partial charge in [-0.3, -0.25) is 13.9 Å². The van der Waals surface area contributed by atoms with Crippen molar-refractivity contribution in [1.29, 1.82) is 0 Å². The van der Waals surface area contributed by atoms with Crippen LogP contribution in [0.25, 0.3) is 22.3 Å². The number of carbonyl (C=O) groups excluding carboxylic acids is 2. The fraction of sp³-hybridized carbons (Fsp3) is 0.407. The summed E-state index contributed by atoms with van der Waals surface area (Å²) in [4.78, 5) is 28.0. The summed E-state index contributed by atoms with van der Waals surface area (Å²) in [6.07, 6.45) is -0.535. The van der Waals surface area contributed by atoms with Gasteiger partial charge in [0.25, 0.3) is 11.8 Å². The SMILES string of the molecule is CNC(=O)c1c(-c2ccc(C)cc2)oc2cc3c(cc12)C(C)OC(C(=O)N1CCOCC1)CN3S(C)(=O)=O. The fourth-order valence-corrected chi connectivity index (χ4v) is 5.92. The van der Waals surface area contributed by atoms with Crippen molar-refractivity contribution in [1.82, 2.24) is 10.2 Å². The molecule has 2 atom stereocenters. The van der Waals surface area contributed by atoms with E-state index in [0.717, 1.165) is 17.4 Å². The molecule has 10 nitrogen and oxygen atoms in total. The number of nitrogens with zero attached hydrogens (tertiary/aromatic N) is 2. The van der Waals surface area contributed by atoms with Gasteiger partial charge in [0, 0.05) is 42.7 Å². The number of benzene rings is 2. The molecule has 1 saturated heterocycles. The van der Waals surface area contributed by atoms with E-state index in [2.05, 4.69) is 5.32 Å². The number of fused-ring (bicyclic) bond motifs is 2. The van der Waals surface area contributed by atoms with Gasteiger partial charge in [-0.1, -0.05) is 29.8 Å². The molecule has 5 rings (SSSR count). The van der Waals surface area contributed by atoms with Gasteiger partial charge in [0.1, 0.15) is 11.3 Å². The van der Waals surface area contributed by atoms with E-state index >= 15 is 0 Å². The third-order valence-corrected chi connectivity index (χ3v) is 8.16. The Balaban J connectivity index is 1.65. The fourth-order valence-electron chi connectivity index (χ4n) is 5.00. The van der Waals surface area contributed by atoms with E-state index < -0.39 is 22.2 Å². The Bertz CT molecular complexity index is 1490. The zero-order valence-electron chi connectivity index (χ0n) is 21.8. The van der Waals surface area contributed by atoms with Crippen LogP contribution in [0.2, 0.25) is 0 Å². The van der Waals surface area contributed by atoms with Gasteiger partial charge in [-0.2, -0.15) is 0 Å². The molecule has 3 heterocycles. The summed E-state index contributed by atoms with van der Waals surface area (Å²) >= 11 is 0. The minimum Gasteiger partial charge on any atom is -0.455 e. The number of aryl methyl sites for hydroxylation is 1.